The van der Waals surface area contributed by atoms with Crippen LogP contribution in [0.25, 0.3) is 0 Å². The number of carboxylic acid groups (broad SMARTS) is 1. The minimum absolute atomic E-state index is 0.0188. The molecule has 4 bridgehead atoms. The van der Waals surface area contributed by atoms with Crippen molar-refractivity contribution in [2.24, 2.45) is 16.2 Å². The van der Waals surface area contributed by atoms with Gasteiger partial charge >= 0.3 is 17.9 Å². The van der Waals surface area contributed by atoms with Crippen molar-refractivity contribution in [3.8, 4) is 5.75 Å². The molecule has 0 saturated heterocycles. The topological polar surface area (TPSA) is 112 Å². The number of rotatable bonds is 5. The lowest BCUT2D eigenvalue weighted by atomic mass is 9.52. The summed E-state index contributed by atoms with van der Waals surface area (Å²) in [5.74, 6) is -0.0257. The smallest absolute Gasteiger partial charge is 0.311 e. The minimum Gasteiger partial charge on any atom is -0.495 e. The van der Waals surface area contributed by atoms with Gasteiger partial charge in [-0.25, -0.2) is 0 Å². The second-order valence-corrected chi connectivity index (χ2v) is 11.4. The molecule has 8 heteroatoms. The molecule has 0 amide bonds. The summed E-state index contributed by atoms with van der Waals surface area (Å²) in [6.07, 6.45) is 9.74. The normalized spacial score (nSPS) is 34.2. The number of nitrogens with zero attached hydrogens (tertiary/aromatic N) is 1. The van der Waals surface area contributed by atoms with Gasteiger partial charge in [-0.3, -0.25) is 19.4 Å². The van der Waals surface area contributed by atoms with Crippen LogP contribution in [0, 0.1) is 23.2 Å². The van der Waals surface area contributed by atoms with Gasteiger partial charge in [0.1, 0.15) is 5.75 Å². The molecular formula is C28H39NO7. The van der Waals surface area contributed by atoms with E-state index in [4.69, 9.17) is 19.2 Å². The summed E-state index contributed by atoms with van der Waals surface area (Å²) in [6, 6.07) is 4.12. The fourth-order valence-corrected chi connectivity index (χ4v) is 7.18. The number of methoxy groups -OCH3 is 3. The number of esters is 2. The van der Waals surface area contributed by atoms with Crippen molar-refractivity contribution in [3.05, 3.63) is 23.5 Å². The molecule has 1 heterocycles. The highest BCUT2D eigenvalue weighted by molar-refractivity contribution is 5.80. The molecule has 1 aromatic rings. The van der Waals surface area contributed by atoms with E-state index in [1.54, 1.807) is 7.11 Å². The van der Waals surface area contributed by atoms with Crippen LogP contribution in [0.4, 0.5) is 0 Å². The maximum atomic E-state index is 12.1. The predicted molar refractivity (Wildman–Crippen MR) is 132 cm³/mol. The first kappa shape index (κ1) is 26.4. The molecule has 36 heavy (non-hydrogen) atoms. The first-order valence-electron chi connectivity index (χ1n) is 13.0. The van der Waals surface area contributed by atoms with E-state index in [2.05, 4.69) is 6.07 Å². The van der Waals surface area contributed by atoms with Gasteiger partial charge < -0.3 is 19.3 Å². The second-order valence-electron chi connectivity index (χ2n) is 11.4. The van der Waals surface area contributed by atoms with Gasteiger partial charge in [-0.05, 0) is 96.1 Å². The van der Waals surface area contributed by atoms with Crippen molar-refractivity contribution in [1.29, 1.82) is 0 Å². The summed E-state index contributed by atoms with van der Waals surface area (Å²) in [5, 5.41) is 9.18. The molecule has 0 aromatic carbocycles. The van der Waals surface area contributed by atoms with Gasteiger partial charge in [-0.2, -0.15) is 0 Å². The van der Waals surface area contributed by atoms with Crippen LogP contribution in [0.15, 0.2) is 12.1 Å². The second kappa shape index (κ2) is 9.67. The van der Waals surface area contributed by atoms with Gasteiger partial charge in [0, 0.05) is 11.1 Å². The summed E-state index contributed by atoms with van der Waals surface area (Å²) in [4.78, 5) is 39.7. The lowest BCUT2D eigenvalue weighted by Crippen LogP contribution is -2.49. The minimum atomic E-state index is -0.694. The van der Waals surface area contributed by atoms with E-state index in [0.717, 1.165) is 50.0 Å². The summed E-state index contributed by atoms with van der Waals surface area (Å²) < 4.78 is 15.1. The Balaban J connectivity index is 0.000000179. The molecule has 0 radical (unpaired) electrons. The third kappa shape index (κ3) is 4.26. The Bertz CT molecular complexity index is 984. The van der Waals surface area contributed by atoms with E-state index in [0.29, 0.717) is 38.5 Å². The SMILES string of the molecule is COC(=O)C12CCC(C(=O)O)(CC1)CC2.COC(=O)C12CCC(c3ccc(OC)c(C)n3)(CC1)CC2. The Morgan fingerprint density at radius 3 is 1.50 bits per heavy atom. The molecule has 6 saturated carbocycles. The third-order valence-corrected chi connectivity index (χ3v) is 9.98. The van der Waals surface area contributed by atoms with E-state index < -0.39 is 11.4 Å². The number of carbonyl (C=O) groups excluding carboxylic acids is 2. The molecule has 1 N–H and O–H groups in total. The number of carboxylic acids is 1. The number of ether oxygens (including phenoxy) is 3. The van der Waals surface area contributed by atoms with Gasteiger partial charge in [0.15, 0.2) is 0 Å². The number of hydrogen-bond donors (Lipinski definition) is 1. The lowest BCUT2D eigenvalue weighted by Gasteiger charge is -2.51. The molecular weight excluding hydrogens is 462 g/mol. The first-order valence-corrected chi connectivity index (χ1v) is 13.0. The molecule has 8 nitrogen and oxygen atoms in total. The van der Waals surface area contributed by atoms with Gasteiger partial charge in [-0.15, -0.1) is 0 Å². The third-order valence-electron chi connectivity index (χ3n) is 9.98. The quantitative estimate of drug-likeness (QED) is 0.576. The average Bonchev–Trinajstić information content (AvgIpc) is 2.94. The maximum Gasteiger partial charge on any atom is 0.311 e. The molecule has 6 aliphatic rings. The van der Waals surface area contributed by atoms with Gasteiger partial charge in [0.2, 0.25) is 0 Å². The Morgan fingerprint density at radius 2 is 1.14 bits per heavy atom. The van der Waals surface area contributed by atoms with Crippen LogP contribution in [0.1, 0.15) is 88.4 Å². The van der Waals surface area contributed by atoms with Crippen LogP contribution >= 0.6 is 0 Å². The maximum absolute atomic E-state index is 12.1. The van der Waals surface area contributed by atoms with Crippen molar-refractivity contribution < 1.29 is 33.7 Å². The molecule has 0 atom stereocenters. The Labute approximate surface area is 213 Å². The number of hydrogen-bond acceptors (Lipinski definition) is 7. The van der Waals surface area contributed by atoms with Gasteiger partial charge in [0.25, 0.3) is 0 Å². The van der Waals surface area contributed by atoms with E-state index in [-0.39, 0.29) is 28.2 Å². The molecule has 0 unspecified atom stereocenters. The first-order chi connectivity index (χ1) is 17.1. The molecule has 0 spiro atoms. The highest BCUT2D eigenvalue weighted by Gasteiger charge is 2.56. The Kier molecular flexibility index (Phi) is 7.10. The zero-order chi connectivity index (χ0) is 26.2. The lowest BCUT2D eigenvalue weighted by molar-refractivity contribution is -0.172. The standard InChI is InChI=1S/C17H23NO3.C11H16O4/c1-12-13(20-2)4-5-14(18-12)16-6-9-17(10-7-16,11-8-16)15(19)21-3;1-15-9(14)11-5-2-10(3-6-11,4-7-11)8(12)13/h4-5H,6-11H2,1-3H3;2-7H2,1H3,(H,12,13). The Hall–Kier alpha value is -2.64. The number of fused-ring (bicyclic) bond motifs is 6. The number of pyridine rings is 1. The fourth-order valence-electron chi connectivity index (χ4n) is 7.18. The van der Waals surface area contributed by atoms with Crippen molar-refractivity contribution in [2.45, 2.75) is 89.4 Å². The molecule has 198 valence electrons. The summed E-state index contributed by atoms with van der Waals surface area (Å²) >= 11 is 0. The largest absolute Gasteiger partial charge is 0.495 e. The van der Waals surface area contributed by atoms with Crippen LogP contribution in [0.2, 0.25) is 0 Å². The zero-order valence-corrected chi connectivity index (χ0v) is 22.0. The molecule has 0 aliphatic heterocycles. The molecule has 1 aromatic heterocycles. The molecule has 7 rings (SSSR count). The predicted octanol–water partition coefficient (Wildman–Crippen LogP) is 4.75. The van der Waals surface area contributed by atoms with Crippen molar-refractivity contribution >= 4 is 17.9 Å². The van der Waals surface area contributed by atoms with Crippen molar-refractivity contribution in [1.82, 2.24) is 4.98 Å². The van der Waals surface area contributed by atoms with Crippen molar-refractivity contribution in [2.75, 3.05) is 21.3 Å². The molecule has 6 fully saturated rings. The number of aromatic nitrogens is 1. The number of aliphatic carboxylic acids is 1. The van der Waals surface area contributed by atoms with Crippen LogP contribution in [-0.4, -0.2) is 49.3 Å². The van der Waals surface area contributed by atoms with E-state index in [9.17, 15) is 19.5 Å². The highest BCUT2D eigenvalue weighted by atomic mass is 16.5. The van der Waals surface area contributed by atoms with E-state index in [1.165, 1.54) is 19.9 Å². The van der Waals surface area contributed by atoms with Crippen LogP contribution in [0.3, 0.4) is 0 Å². The summed E-state index contributed by atoms with van der Waals surface area (Å²) in [6.45, 7) is 1.99. The average molecular weight is 502 g/mol. The molecule has 6 aliphatic carbocycles. The fraction of sp³-hybridized carbons (Fsp3) is 0.714. The van der Waals surface area contributed by atoms with Crippen molar-refractivity contribution in [3.63, 3.8) is 0 Å². The van der Waals surface area contributed by atoms with Crippen LogP contribution in [0.5, 0.6) is 5.75 Å². The number of carbonyl (C=O) groups is 3. The summed E-state index contributed by atoms with van der Waals surface area (Å²) in [5.41, 5.74) is 1.12. The monoisotopic (exact) mass is 501 g/mol. The zero-order valence-electron chi connectivity index (χ0n) is 22.0. The van der Waals surface area contributed by atoms with Crippen LogP contribution < -0.4 is 4.74 Å². The van der Waals surface area contributed by atoms with E-state index >= 15 is 0 Å². The van der Waals surface area contributed by atoms with E-state index in [1.807, 2.05) is 13.0 Å². The van der Waals surface area contributed by atoms with Gasteiger partial charge in [0.05, 0.1) is 43.3 Å². The Morgan fingerprint density at radius 1 is 0.722 bits per heavy atom. The summed E-state index contributed by atoms with van der Waals surface area (Å²) in [7, 11) is 4.58. The highest BCUT2D eigenvalue weighted by Crippen LogP contribution is 2.58. The van der Waals surface area contributed by atoms with Gasteiger partial charge in [-0.1, -0.05) is 0 Å². The number of aryl methyl sites for hydroxylation is 1. The van der Waals surface area contributed by atoms with Crippen LogP contribution in [-0.2, 0) is 29.3 Å².